The van der Waals surface area contributed by atoms with Gasteiger partial charge in [-0.3, -0.25) is 9.59 Å². The van der Waals surface area contributed by atoms with Crippen molar-refractivity contribution in [3.63, 3.8) is 0 Å². The predicted molar refractivity (Wildman–Crippen MR) is 120 cm³/mol. The zero-order valence-corrected chi connectivity index (χ0v) is 18.5. The summed E-state index contributed by atoms with van der Waals surface area (Å²) in [6.07, 6.45) is 2.07. The molecule has 2 aromatic rings. The Labute approximate surface area is 184 Å². The molecule has 31 heavy (non-hydrogen) atoms. The van der Waals surface area contributed by atoms with Crippen molar-refractivity contribution in [1.82, 2.24) is 10.2 Å². The number of nitrogens with one attached hydrogen (secondary N) is 1. The average Bonchev–Trinajstić information content (AvgIpc) is 2.97. The number of hydrogen-bond donors (Lipinski definition) is 2. The molecule has 2 aromatic carbocycles. The number of likely N-dealkylation sites (N-methyl/N-ethyl adjacent to an activating group) is 1. The molecule has 2 amide bonds. The topological polar surface area (TPSA) is 78.9 Å². The minimum absolute atomic E-state index is 0.0662. The van der Waals surface area contributed by atoms with Crippen molar-refractivity contribution in [1.29, 1.82) is 0 Å². The number of aliphatic hydroxyl groups is 1. The minimum atomic E-state index is -0.630. The molecule has 6 heteroatoms. The predicted octanol–water partition coefficient (Wildman–Crippen LogP) is 3.14. The maximum absolute atomic E-state index is 13.1. The molecule has 0 aromatic heterocycles. The van der Waals surface area contributed by atoms with Crippen molar-refractivity contribution >= 4 is 11.8 Å². The van der Waals surface area contributed by atoms with Crippen LogP contribution in [0.3, 0.4) is 0 Å². The van der Waals surface area contributed by atoms with E-state index in [1.807, 2.05) is 18.2 Å². The zero-order chi connectivity index (χ0) is 22.4. The van der Waals surface area contributed by atoms with Crippen molar-refractivity contribution in [2.75, 3.05) is 20.7 Å². The summed E-state index contributed by atoms with van der Waals surface area (Å²) in [6, 6.07) is 16.9. The fourth-order valence-electron chi connectivity index (χ4n) is 4.55. The van der Waals surface area contributed by atoms with Crippen LogP contribution in [0.15, 0.2) is 54.6 Å². The Bertz CT molecular complexity index is 884. The number of nitrogens with zero attached hydrogens (tertiary/aromatic N) is 1. The fourth-order valence-corrected chi connectivity index (χ4v) is 4.55. The summed E-state index contributed by atoms with van der Waals surface area (Å²) in [4.78, 5) is 26.4. The molecule has 0 unspecified atom stereocenters. The lowest BCUT2D eigenvalue weighted by Crippen LogP contribution is -2.44. The summed E-state index contributed by atoms with van der Waals surface area (Å²) in [7, 11) is 3.34. The van der Waals surface area contributed by atoms with Crippen LogP contribution >= 0.6 is 0 Å². The van der Waals surface area contributed by atoms with Gasteiger partial charge in [0.15, 0.2) is 0 Å². The molecule has 1 aliphatic rings. The Morgan fingerprint density at radius 2 is 1.74 bits per heavy atom. The molecule has 0 bridgehead atoms. The van der Waals surface area contributed by atoms with Crippen LogP contribution in [0.4, 0.5) is 0 Å². The van der Waals surface area contributed by atoms with Gasteiger partial charge in [-0.05, 0) is 55.5 Å². The van der Waals surface area contributed by atoms with Gasteiger partial charge in [0.25, 0.3) is 5.91 Å². The van der Waals surface area contributed by atoms with Gasteiger partial charge in [0.2, 0.25) is 5.91 Å². The maximum Gasteiger partial charge on any atom is 0.253 e. The Morgan fingerprint density at radius 3 is 2.35 bits per heavy atom. The lowest BCUT2D eigenvalue weighted by Gasteiger charge is -2.34. The van der Waals surface area contributed by atoms with E-state index in [0.29, 0.717) is 30.7 Å². The van der Waals surface area contributed by atoms with E-state index in [4.69, 9.17) is 4.74 Å². The number of methoxy groups -OCH3 is 1. The highest BCUT2D eigenvalue weighted by Crippen LogP contribution is 2.39. The van der Waals surface area contributed by atoms with Crippen LogP contribution in [0.25, 0.3) is 0 Å². The van der Waals surface area contributed by atoms with Crippen molar-refractivity contribution < 1.29 is 19.4 Å². The van der Waals surface area contributed by atoms with Gasteiger partial charge in [-0.2, -0.15) is 0 Å². The van der Waals surface area contributed by atoms with Crippen LogP contribution in [0, 0.1) is 0 Å². The molecule has 0 aliphatic heterocycles. The first kappa shape index (κ1) is 22.8. The van der Waals surface area contributed by atoms with Gasteiger partial charge in [-0.1, -0.05) is 30.3 Å². The smallest absolute Gasteiger partial charge is 0.253 e. The Hall–Kier alpha value is -2.86. The van der Waals surface area contributed by atoms with E-state index in [1.54, 1.807) is 43.3 Å². The molecule has 166 valence electrons. The summed E-state index contributed by atoms with van der Waals surface area (Å²) in [5.41, 5.74) is 1.44. The van der Waals surface area contributed by atoms with E-state index in [1.165, 1.54) is 6.92 Å². The highest BCUT2D eigenvalue weighted by atomic mass is 16.5. The highest BCUT2D eigenvalue weighted by molar-refractivity contribution is 5.94. The minimum Gasteiger partial charge on any atom is -0.497 e. The Kier molecular flexibility index (Phi) is 7.33. The molecule has 3 rings (SSSR count). The standard InChI is InChI=1S/C25H32N2O4/c1-18(28)26-17-25(20-7-5-4-6-8-20)15-13-22(23(29)14-16-25)27(2)24(30)19-9-11-21(31-3)12-10-19/h4-12,22-23,29H,13-17H2,1-3H3,(H,26,28)/t22-,23-,25-/m1/s1. The monoisotopic (exact) mass is 424 g/mol. The van der Waals surface area contributed by atoms with E-state index in [0.717, 1.165) is 18.4 Å². The number of hydrogen-bond acceptors (Lipinski definition) is 4. The number of ether oxygens (including phenoxy) is 1. The molecule has 3 atom stereocenters. The van der Waals surface area contributed by atoms with Crippen LogP contribution in [-0.4, -0.2) is 54.7 Å². The molecule has 1 aliphatic carbocycles. The van der Waals surface area contributed by atoms with E-state index >= 15 is 0 Å². The van der Waals surface area contributed by atoms with Crippen LogP contribution in [0.2, 0.25) is 0 Å². The second-order valence-corrected chi connectivity index (χ2v) is 8.41. The molecule has 0 saturated heterocycles. The molecule has 6 nitrogen and oxygen atoms in total. The zero-order valence-electron chi connectivity index (χ0n) is 18.5. The Morgan fingerprint density at radius 1 is 1.10 bits per heavy atom. The first-order valence-corrected chi connectivity index (χ1v) is 10.8. The molecule has 0 radical (unpaired) electrons. The lowest BCUT2D eigenvalue weighted by atomic mass is 9.74. The lowest BCUT2D eigenvalue weighted by molar-refractivity contribution is -0.119. The molecule has 1 fully saturated rings. The molecule has 2 N–H and O–H groups in total. The van der Waals surface area contributed by atoms with Crippen molar-refractivity contribution in [3.8, 4) is 5.75 Å². The molecule has 0 heterocycles. The van der Waals surface area contributed by atoms with Crippen LogP contribution in [-0.2, 0) is 10.2 Å². The van der Waals surface area contributed by atoms with Crippen molar-refractivity contribution in [3.05, 3.63) is 65.7 Å². The molecular weight excluding hydrogens is 392 g/mol. The number of aliphatic hydroxyl groups excluding tert-OH is 1. The van der Waals surface area contributed by atoms with Gasteiger partial charge in [0, 0.05) is 31.5 Å². The maximum atomic E-state index is 13.1. The number of carbonyl (C=O) groups is 2. The number of benzene rings is 2. The second kappa shape index (κ2) is 9.96. The molecule has 0 spiro atoms. The normalized spacial score (nSPS) is 23.5. The Balaban J connectivity index is 1.81. The first-order valence-electron chi connectivity index (χ1n) is 10.8. The third kappa shape index (κ3) is 5.25. The third-order valence-corrected chi connectivity index (χ3v) is 6.50. The van der Waals surface area contributed by atoms with Gasteiger partial charge in [-0.15, -0.1) is 0 Å². The SMILES string of the molecule is COc1ccc(C(=O)N(C)[C@@H]2CC[C@@](CNC(C)=O)(c3ccccc3)CC[C@H]2O)cc1. The average molecular weight is 425 g/mol. The van der Waals surface area contributed by atoms with Gasteiger partial charge in [0.1, 0.15) is 5.75 Å². The van der Waals surface area contributed by atoms with Gasteiger partial charge in [-0.25, -0.2) is 0 Å². The largest absolute Gasteiger partial charge is 0.497 e. The van der Waals surface area contributed by atoms with Gasteiger partial charge >= 0.3 is 0 Å². The van der Waals surface area contributed by atoms with Gasteiger partial charge < -0.3 is 20.1 Å². The first-order chi connectivity index (χ1) is 14.9. The van der Waals surface area contributed by atoms with E-state index in [9.17, 15) is 14.7 Å². The summed E-state index contributed by atoms with van der Waals surface area (Å²) in [5.74, 6) is 0.503. The highest BCUT2D eigenvalue weighted by Gasteiger charge is 2.40. The van der Waals surface area contributed by atoms with Crippen molar-refractivity contribution in [2.24, 2.45) is 0 Å². The van der Waals surface area contributed by atoms with Crippen LogP contribution in [0.5, 0.6) is 5.75 Å². The molecule has 1 saturated carbocycles. The summed E-state index contributed by atoms with van der Waals surface area (Å²) in [5, 5.41) is 13.9. The second-order valence-electron chi connectivity index (χ2n) is 8.41. The van der Waals surface area contributed by atoms with E-state index < -0.39 is 6.10 Å². The number of amides is 2. The third-order valence-electron chi connectivity index (χ3n) is 6.50. The van der Waals surface area contributed by atoms with E-state index in [2.05, 4.69) is 17.4 Å². The summed E-state index contributed by atoms with van der Waals surface area (Å²) < 4.78 is 5.17. The number of carbonyl (C=O) groups excluding carboxylic acids is 2. The van der Waals surface area contributed by atoms with Gasteiger partial charge in [0.05, 0.1) is 19.3 Å². The van der Waals surface area contributed by atoms with Crippen LogP contribution in [0.1, 0.15) is 48.5 Å². The number of rotatable bonds is 6. The molecular formula is C25H32N2O4. The summed E-state index contributed by atoms with van der Waals surface area (Å²) >= 11 is 0. The quantitative estimate of drug-likeness (QED) is 0.699. The fraction of sp³-hybridized carbons (Fsp3) is 0.440. The van der Waals surface area contributed by atoms with Crippen LogP contribution < -0.4 is 10.1 Å². The van der Waals surface area contributed by atoms with Crippen molar-refractivity contribution in [2.45, 2.75) is 50.2 Å². The van der Waals surface area contributed by atoms with E-state index in [-0.39, 0.29) is 23.3 Å². The summed E-state index contributed by atoms with van der Waals surface area (Å²) in [6.45, 7) is 2.04.